The monoisotopic (exact) mass is 464 g/mol. The number of aliphatic hydroxyl groups is 1. The van der Waals surface area contributed by atoms with Crippen LogP contribution < -0.4 is 5.32 Å². The predicted octanol–water partition coefficient (Wildman–Crippen LogP) is 3.51. The van der Waals surface area contributed by atoms with Crippen molar-refractivity contribution in [1.29, 1.82) is 0 Å². The van der Waals surface area contributed by atoms with Gasteiger partial charge in [0.1, 0.15) is 5.60 Å². The molecule has 9 heteroatoms. The van der Waals surface area contributed by atoms with E-state index in [2.05, 4.69) is 5.32 Å². The van der Waals surface area contributed by atoms with Crippen LogP contribution in [0, 0.1) is 0 Å². The summed E-state index contributed by atoms with van der Waals surface area (Å²) < 4.78 is 26.5. The maximum Gasteiger partial charge on any atom is 0.251 e. The zero-order valence-electron chi connectivity index (χ0n) is 16.7. The highest BCUT2D eigenvalue weighted by Gasteiger charge is 2.33. The molecule has 1 unspecified atom stereocenters. The maximum absolute atomic E-state index is 12.7. The minimum atomic E-state index is -3.57. The van der Waals surface area contributed by atoms with Crippen molar-refractivity contribution in [2.24, 2.45) is 0 Å². The van der Waals surface area contributed by atoms with E-state index < -0.39 is 15.6 Å². The zero-order valence-corrected chi connectivity index (χ0v) is 19.2. The molecule has 3 rings (SSSR count). The first-order valence-corrected chi connectivity index (χ1v) is 12.8. The van der Waals surface area contributed by atoms with Crippen molar-refractivity contribution in [2.45, 2.75) is 24.3 Å². The quantitative estimate of drug-likeness (QED) is 0.507. The van der Waals surface area contributed by atoms with Gasteiger partial charge in [-0.05, 0) is 52.5 Å². The third-order valence-corrected chi connectivity index (χ3v) is 8.66. The number of rotatable bonds is 9. The fraction of sp³-hybridized carbons (Fsp3) is 0.286. The number of sulfonamides is 1. The molecule has 0 aliphatic rings. The summed E-state index contributed by atoms with van der Waals surface area (Å²) in [7, 11) is -3.57. The molecular formula is C21H24N2O4S3. The molecule has 0 fully saturated rings. The van der Waals surface area contributed by atoms with Crippen LogP contribution in [0.2, 0.25) is 0 Å². The maximum atomic E-state index is 12.7. The number of benzene rings is 1. The van der Waals surface area contributed by atoms with Gasteiger partial charge in [-0.15, -0.1) is 11.3 Å². The summed E-state index contributed by atoms with van der Waals surface area (Å²) in [5.74, 6) is -0.382. The smallest absolute Gasteiger partial charge is 0.251 e. The van der Waals surface area contributed by atoms with Crippen LogP contribution >= 0.6 is 22.7 Å². The van der Waals surface area contributed by atoms with Crippen LogP contribution in [0.15, 0.2) is 63.5 Å². The van der Waals surface area contributed by atoms with Gasteiger partial charge in [-0.3, -0.25) is 4.79 Å². The molecule has 160 valence electrons. The van der Waals surface area contributed by atoms with Gasteiger partial charge in [0.05, 0.1) is 11.4 Å². The van der Waals surface area contributed by atoms with Crippen LogP contribution in [-0.2, 0) is 15.6 Å². The Balaban J connectivity index is 1.76. The summed E-state index contributed by atoms with van der Waals surface area (Å²) in [6, 6.07) is 11.4. The average molecular weight is 465 g/mol. The van der Waals surface area contributed by atoms with Crippen LogP contribution in [-0.4, -0.2) is 43.4 Å². The molecule has 1 amide bonds. The third-order valence-electron chi connectivity index (χ3n) is 4.89. The lowest BCUT2D eigenvalue weighted by Gasteiger charge is -2.27. The number of thiophene rings is 2. The Kier molecular flexibility index (Phi) is 7.10. The van der Waals surface area contributed by atoms with E-state index in [4.69, 9.17) is 0 Å². The second-order valence-electron chi connectivity index (χ2n) is 6.65. The molecule has 1 aromatic carbocycles. The van der Waals surface area contributed by atoms with Crippen LogP contribution in [0.25, 0.3) is 0 Å². The SMILES string of the molecule is CCN(CC)S(=O)(=O)c1ccc(C(=O)NCC(O)(c2ccsc2)c2cccs2)cc1. The predicted molar refractivity (Wildman–Crippen MR) is 121 cm³/mol. The van der Waals surface area contributed by atoms with Crippen molar-refractivity contribution in [3.63, 3.8) is 0 Å². The molecule has 1 atom stereocenters. The number of hydrogen-bond donors (Lipinski definition) is 2. The third kappa shape index (κ3) is 4.50. The Morgan fingerprint density at radius 1 is 1.10 bits per heavy atom. The summed E-state index contributed by atoms with van der Waals surface area (Å²) in [5.41, 5.74) is -0.279. The van der Waals surface area contributed by atoms with Crippen molar-refractivity contribution < 1.29 is 18.3 Å². The number of hydrogen-bond acceptors (Lipinski definition) is 6. The summed E-state index contributed by atoms with van der Waals surface area (Å²) >= 11 is 2.89. The zero-order chi connectivity index (χ0) is 21.8. The molecule has 0 radical (unpaired) electrons. The van der Waals surface area contributed by atoms with E-state index >= 15 is 0 Å². The van der Waals surface area contributed by atoms with Gasteiger partial charge in [-0.1, -0.05) is 19.9 Å². The van der Waals surface area contributed by atoms with E-state index in [9.17, 15) is 18.3 Å². The topological polar surface area (TPSA) is 86.7 Å². The van der Waals surface area contributed by atoms with Gasteiger partial charge in [-0.25, -0.2) is 8.42 Å². The minimum absolute atomic E-state index is 0.00256. The minimum Gasteiger partial charge on any atom is -0.378 e. The Labute approximate surface area is 184 Å². The molecule has 0 aliphatic heterocycles. The first-order valence-electron chi connectivity index (χ1n) is 9.50. The number of carbonyl (C=O) groups excluding carboxylic acids is 1. The number of amides is 1. The summed E-state index contributed by atoms with van der Waals surface area (Å²) in [6.45, 7) is 4.33. The van der Waals surface area contributed by atoms with Gasteiger partial charge < -0.3 is 10.4 Å². The van der Waals surface area contributed by atoms with Gasteiger partial charge in [0.2, 0.25) is 10.0 Å². The Morgan fingerprint density at radius 3 is 2.33 bits per heavy atom. The van der Waals surface area contributed by atoms with Crippen LogP contribution in [0.5, 0.6) is 0 Å². The van der Waals surface area contributed by atoms with Gasteiger partial charge in [0.25, 0.3) is 5.91 Å². The fourth-order valence-electron chi connectivity index (χ4n) is 3.15. The Bertz CT molecular complexity index is 1020. The Hall–Kier alpha value is -2.04. The number of carbonyl (C=O) groups is 1. The molecule has 0 bridgehead atoms. The van der Waals surface area contributed by atoms with E-state index in [1.54, 1.807) is 13.8 Å². The molecule has 2 N–H and O–H groups in total. The van der Waals surface area contributed by atoms with Crippen LogP contribution in [0.4, 0.5) is 0 Å². The molecular weight excluding hydrogens is 440 g/mol. The largest absolute Gasteiger partial charge is 0.378 e. The molecule has 0 spiro atoms. The first-order chi connectivity index (χ1) is 14.3. The highest BCUT2D eigenvalue weighted by molar-refractivity contribution is 7.89. The fourth-order valence-corrected chi connectivity index (χ4v) is 6.17. The van der Waals surface area contributed by atoms with E-state index in [0.717, 1.165) is 10.4 Å². The molecule has 0 aliphatic carbocycles. The molecule has 0 saturated carbocycles. The van der Waals surface area contributed by atoms with Crippen molar-refractivity contribution in [1.82, 2.24) is 9.62 Å². The van der Waals surface area contributed by atoms with Crippen molar-refractivity contribution in [2.75, 3.05) is 19.6 Å². The van der Waals surface area contributed by atoms with Crippen LogP contribution in [0.3, 0.4) is 0 Å². The molecule has 2 heterocycles. The molecule has 30 heavy (non-hydrogen) atoms. The second kappa shape index (κ2) is 9.40. The molecule has 0 saturated heterocycles. The molecule has 6 nitrogen and oxygen atoms in total. The highest BCUT2D eigenvalue weighted by atomic mass is 32.2. The normalized spacial score (nSPS) is 13.9. The standard InChI is InChI=1S/C21H24N2O4S3/c1-3-23(4-2)30(26,27)18-9-7-16(8-10-18)20(24)22-15-21(25,17-11-13-28-14-17)19-6-5-12-29-19/h5-14,25H,3-4,15H2,1-2H3,(H,22,24). The molecule has 2 aromatic heterocycles. The van der Waals surface area contributed by atoms with Gasteiger partial charge >= 0.3 is 0 Å². The van der Waals surface area contributed by atoms with E-state index in [0.29, 0.717) is 18.7 Å². The second-order valence-corrected chi connectivity index (χ2v) is 10.3. The van der Waals surface area contributed by atoms with E-state index in [1.807, 2.05) is 34.3 Å². The van der Waals surface area contributed by atoms with Gasteiger partial charge in [-0.2, -0.15) is 15.6 Å². The van der Waals surface area contributed by atoms with Gasteiger partial charge in [0.15, 0.2) is 0 Å². The average Bonchev–Trinajstić information content (AvgIpc) is 3.47. The van der Waals surface area contributed by atoms with Crippen molar-refractivity contribution in [3.05, 3.63) is 74.6 Å². The lowest BCUT2D eigenvalue weighted by Crippen LogP contribution is -2.41. The van der Waals surface area contributed by atoms with Crippen molar-refractivity contribution >= 4 is 38.6 Å². The first kappa shape index (κ1) is 22.6. The summed E-state index contributed by atoms with van der Waals surface area (Å²) in [5, 5.41) is 19.7. The lowest BCUT2D eigenvalue weighted by molar-refractivity contribution is 0.0721. The lowest BCUT2D eigenvalue weighted by atomic mass is 9.94. The number of nitrogens with one attached hydrogen (secondary N) is 1. The van der Waals surface area contributed by atoms with Crippen molar-refractivity contribution in [3.8, 4) is 0 Å². The Morgan fingerprint density at radius 2 is 1.80 bits per heavy atom. The van der Waals surface area contributed by atoms with E-state index in [-0.39, 0.29) is 17.3 Å². The van der Waals surface area contributed by atoms with Crippen LogP contribution in [0.1, 0.15) is 34.6 Å². The van der Waals surface area contributed by atoms with E-state index in [1.165, 1.54) is 51.2 Å². The summed E-state index contributed by atoms with van der Waals surface area (Å²) in [6.07, 6.45) is 0. The number of nitrogens with zero attached hydrogens (tertiary/aromatic N) is 1. The summed E-state index contributed by atoms with van der Waals surface area (Å²) in [4.78, 5) is 13.5. The van der Waals surface area contributed by atoms with Gasteiger partial charge in [0, 0.05) is 29.1 Å². The highest BCUT2D eigenvalue weighted by Crippen LogP contribution is 2.33. The molecule has 3 aromatic rings.